The molecule has 2 fully saturated rings. The predicted octanol–water partition coefficient (Wildman–Crippen LogP) is 12.4. The SMILES string of the molecule is CC(=O)C(C)(C)CCl.CC(=O)C(C)(C)F.CC(=O)C(C)CCl.CC(=O)C1(C)CC1(Cl)Cl.CC(=O)C1=CCCC1.CC(=O)C1CC1.CC(C)=O.CCCC(C)=O.CN=C(CSC)C(C)=O. The average molecular weight is 1010 g/mol. The van der Waals surface area contributed by atoms with Crippen molar-refractivity contribution in [1.29, 1.82) is 0 Å². The highest BCUT2D eigenvalue weighted by Crippen LogP contribution is 2.64. The van der Waals surface area contributed by atoms with E-state index in [0.717, 1.165) is 49.9 Å². The Bertz CT molecular complexity index is 1530. The molecular formula is C48H82Cl4FNO9S. The van der Waals surface area contributed by atoms with Crippen LogP contribution in [0.25, 0.3) is 0 Å². The number of alkyl halides is 5. The molecule has 0 bridgehead atoms. The van der Waals surface area contributed by atoms with E-state index in [1.54, 1.807) is 67.3 Å². The molecule has 0 saturated heterocycles. The Morgan fingerprint density at radius 3 is 1.33 bits per heavy atom. The second-order valence-electron chi connectivity index (χ2n) is 17.1. The van der Waals surface area contributed by atoms with Crippen LogP contribution in [0.3, 0.4) is 0 Å². The second-order valence-corrected chi connectivity index (χ2v) is 20.0. The molecule has 64 heavy (non-hydrogen) atoms. The first-order chi connectivity index (χ1) is 28.9. The van der Waals surface area contributed by atoms with Crippen molar-refractivity contribution in [3.05, 3.63) is 11.6 Å². The van der Waals surface area contributed by atoms with Crippen LogP contribution in [0.5, 0.6) is 0 Å². The standard InChI is InChI=1S/C7H10O.C6H8Cl2O.C6H11ClO.C6H11NOS.C5H9ClO.C5H9FO.C5H8O.C5H10O.C3H6O/c1-6(8)7-4-2-3-5-7;1-4(9)5(2)3-6(5,7)8;1-5(8)6(2,3)4-7;1-5(8)6(7-2)4-9-3;1-4(3-6)5(2)7;1-4(7)5(2,3)6;1-4(6)5-2-3-5;1-3-4-5(2)6;1-3(2)4/h4H,2-3,5H2,1H3;3H2,1-2H3;4H2,1-3H3;4H2,1-3H3;4H,3H2,1-2H3;1-3H3;5H,2-3H2,1H3;3-4H2,1-2H3;1-2H3. The number of allylic oxidation sites excluding steroid dienone is 2. The molecule has 2 atom stereocenters. The minimum atomic E-state index is -1.64. The van der Waals surface area contributed by atoms with Gasteiger partial charge in [0.15, 0.2) is 23.0 Å². The van der Waals surface area contributed by atoms with Crippen molar-refractivity contribution in [1.82, 2.24) is 0 Å². The summed E-state index contributed by atoms with van der Waals surface area (Å²) in [6, 6.07) is 0. The van der Waals surface area contributed by atoms with Gasteiger partial charge in [-0.05, 0) is 140 Å². The third-order valence-electron chi connectivity index (χ3n) is 9.29. The van der Waals surface area contributed by atoms with Crippen molar-refractivity contribution in [3.63, 3.8) is 0 Å². The zero-order valence-electron chi connectivity index (χ0n) is 42.4. The zero-order valence-corrected chi connectivity index (χ0v) is 46.3. The van der Waals surface area contributed by atoms with Gasteiger partial charge in [0.25, 0.3) is 0 Å². The lowest BCUT2D eigenvalue weighted by molar-refractivity contribution is -0.126. The lowest BCUT2D eigenvalue weighted by Gasteiger charge is -2.15. The Hall–Kier alpha value is -2.12. The van der Waals surface area contributed by atoms with Crippen molar-refractivity contribution in [2.75, 3.05) is 30.8 Å². The first-order valence-electron chi connectivity index (χ1n) is 21.2. The van der Waals surface area contributed by atoms with E-state index in [1.165, 1.54) is 48.0 Å². The molecule has 3 rings (SSSR count). The molecule has 2 saturated carbocycles. The van der Waals surface area contributed by atoms with Crippen molar-refractivity contribution >= 4 is 116 Å². The summed E-state index contributed by atoms with van der Waals surface area (Å²) >= 11 is 23.8. The number of nitrogens with zero attached hydrogens (tertiary/aromatic N) is 1. The molecule has 0 amide bonds. The minimum Gasteiger partial charge on any atom is -0.300 e. The summed E-state index contributed by atoms with van der Waals surface area (Å²) in [6.07, 6.45) is 11.9. The maximum Gasteiger partial charge on any atom is 0.174 e. The van der Waals surface area contributed by atoms with E-state index < -0.39 is 21.2 Å². The number of hydrogen-bond acceptors (Lipinski definition) is 11. The summed E-state index contributed by atoms with van der Waals surface area (Å²) in [5, 5.41) is 0. The van der Waals surface area contributed by atoms with Gasteiger partial charge in [-0.25, -0.2) is 4.39 Å². The first kappa shape index (κ1) is 73.4. The third-order valence-corrected chi connectivity index (χ3v) is 12.1. The van der Waals surface area contributed by atoms with E-state index in [1.807, 2.05) is 40.0 Å². The summed E-state index contributed by atoms with van der Waals surface area (Å²) in [7, 11) is 1.65. The molecule has 0 radical (unpaired) electrons. The maximum atomic E-state index is 12.2. The van der Waals surface area contributed by atoms with E-state index in [0.29, 0.717) is 35.6 Å². The normalized spacial score (nSPS) is 16.6. The van der Waals surface area contributed by atoms with Gasteiger partial charge < -0.3 is 9.59 Å². The molecule has 0 spiro atoms. The van der Waals surface area contributed by atoms with Crippen LogP contribution in [-0.2, 0) is 43.2 Å². The predicted molar refractivity (Wildman–Crippen MR) is 270 cm³/mol. The van der Waals surface area contributed by atoms with E-state index in [9.17, 15) is 47.5 Å². The molecule has 0 aliphatic heterocycles. The quantitative estimate of drug-likeness (QED) is 0.128. The van der Waals surface area contributed by atoms with Gasteiger partial charge in [-0.2, -0.15) is 11.8 Å². The molecule has 0 aromatic carbocycles. The topological polar surface area (TPSA) is 166 Å². The van der Waals surface area contributed by atoms with Gasteiger partial charge in [0.05, 0.1) is 11.1 Å². The fourth-order valence-corrected chi connectivity index (χ4v) is 5.09. The fourth-order valence-electron chi connectivity index (χ4n) is 3.28. The number of rotatable bonds is 13. The largest absolute Gasteiger partial charge is 0.300 e. The van der Waals surface area contributed by atoms with E-state index >= 15 is 0 Å². The van der Waals surface area contributed by atoms with Gasteiger partial charge in [-0.15, -0.1) is 46.4 Å². The first-order valence-corrected chi connectivity index (χ1v) is 24.4. The van der Waals surface area contributed by atoms with Gasteiger partial charge in [0.1, 0.15) is 39.0 Å². The Morgan fingerprint density at radius 1 is 0.859 bits per heavy atom. The number of halogens is 5. The molecule has 16 heteroatoms. The summed E-state index contributed by atoms with van der Waals surface area (Å²) < 4.78 is 11.4. The highest BCUT2D eigenvalue weighted by molar-refractivity contribution is 7.99. The number of carbonyl (C=O) groups excluding carboxylic acids is 9. The summed E-state index contributed by atoms with van der Waals surface area (Å²) in [6.45, 7) is 27.1. The van der Waals surface area contributed by atoms with Crippen LogP contribution in [-0.4, -0.2) is 98.6 Å². The van der Waals surface area contributed by atoms with Crippen molar-refractivity contribution in [3.8, 4) is 0 Å². The van der Waals surface area contributed by atoms with E-state index in [-0.39, 0.29) is 51.8 Å². The Morgan fingerprint density at radius 2 is 1.28 bits per heavy atom. The summed E-state index contributed by atoms with van der Waals surface area (Å²) in [5.41, 5.74) is -0.731. The van der Waals surface area contributed by atoms with Crippen LogP contribution in [0, 0.1) is 22.7 Å². The molecule has 10 nitrogen and oxygen atoms in total. The molecule has 2 unspecified atom stereocenters. The van der Waals surface area contributed by atoms with Gasteiger partial charge in [-0.3, -0.25) is 38.6 Å². The number of hydrogen-bond donors (Lipinski definition) is 0. The van der Waals surface area contributed by atoms with Crippen LogP contribution in [0.2, 0.25) is 0 Å². The lowest BCUT2D eigenvalue weighted by Crippen LogP contribution is -2.22. The highest BCUT2D eigenvalue weighted by atomic mass is 35.5. The molecule has 0 heterocycles. The third kappa shape index (κ3) is 45.1. The smallest absolute Gasteiger partial charge is 0.174 e. The monoisotopic (exact) mass is 1010 g/mol. The van der Waals surface area contributed by atoms with E-state index in [4.69, 9.17) is 46.4 Å². The van der Waals surface area contributed by atoms with E-state index in [2.05, 4.69) is 4.99 Å². The second kappa shape index (κ2) is 38.9. The van der Waals surface area contributed by atoms with Gasteiger partial charge in [0, 0.05) is 55.2 Å². The lowest BCUT2D eigenvalue weighted by atomic mass is 9.92. The number of carbonyl (C=O) groups is 9. The number of thioether (sulfide) groups is 1. The van der Waals surface area contributed by atoms with Gasteiger partial charge >= 0.3 is 0 Å². The molecular weight excluding hydrogens is 927 g/mol. The van der Waals surface area contributed by atoms with Gasteiger partial charge in [-0.1, -0.05) is 33.8 Å². The molecule has 3 aliphatic rings. The van der Waals surface area contributed by atoms with Crippen LogP contribution >= 0.6 is 58.2 Å². The minimum absolute atomic E-state index is 0.0293. The van der Waals surface area contributed by atoms with Crippen LogP contribution in [0.4, 0.5) is 4.39 Å². The van der Waals surface area contributed by atoms with Gasteiger partial charge in [0.2, 0.25) is 0 Å². The number of aliphatic imine (C=N–C) groups is 1. The molecule has 0 aromatic rings. The highest BCUT2D eigenvalue weighted by Gasteiger charge is 2.66. The number of Topliss-reactive ketones (excluding diaryl/α,β-unsaturated/α-hetero) is 9. The van der Waals surface area contributed by atoms with Crippen LogP contribution in [0.15, 0.2) is 16.6 Å². The molecule has 374 valence electrons. The zero-order chi connectivity index (χ0) is 52.4. The maximum absolute atomic E-state index is 12.2. The average Bonchev–Trinajstić information content (AvgIpc) is 4.02. The van der Waals surface area contributed by atoms with Crippen molar-refractivity contribution in [2.45, 2.75) is 179 Å². The van der Waals surface area contributed by atoms with Crippen LogP contribution in [0.1, 0.15) is 169 Å². The Balaban J connectivity index is -0.000000149. The Labute approximate surface area is 410 Å². The summed E-state index contributed by atoms with van der Waals surface area (Å²) in [5.74, 6) is 3.18. The van der Waals surface area contributed by atoms with Crippen molar-refractivity contribution in [2.24, 2.45) is 27.7 Å². The molecule has 0 N–H and O–H groups in total. The molecule has 0 aromatic heterocycles. The Kier molecular flexibility index (Phi) is 44.7. The van der Waals surface area contributed by atoms with Crippen LogP contribution < -0.4 is 0 Å². The molecule has 3 aliphatic carbocycles. The number of ketones is 9. The summed E-state index contributed by atoms with van der Waals surface area (Å²) in [4.78, 5) is 96.5. The van der Waals surface area contributed by atoms with Crippen molar-refractivity contribution < 1.29 is 47.5 Å². The fraction of sp³-hybridized carbons (Fsp3) is 0.750.